The molecule has 1 fully saturated rings. The second-order valence-electron chi connectivity index (χ2n) is 4.54. The number of ether oxygens (including phenoxy) is 3. The van der Waals surface area contributed by atoms with Crippen LogP contribution in [0.4, 0.5) is 0 Å². The molecule has 9 heteroatoms. The highest BCUT2D eigenvalue weighted by molar-refractivity contribution is 5.87. The predicted molar refractivity (Wildman–Crippen MR) is 66.4 cm³/mol. The Bertz CT molecular complexity index is 396. The molecule has 21 heavy (non-hydrogen) atoms. The van der Waals surface area contributed by atoms with Crippen LogP contribution in [0.3, 0.4) is 0 Å². The lowest BCUT2D eigenvalue weighted by molar-refractivity contribution is -0.396. The van der Waals surface area contributed by atoms with Gasteiger partial charge in [-0.1, -0.05) is 0 Å². The van der Waals surface area contributed by atoms with Crippen molar-refractivity contribution in [2.45, 2.75) is 44.2 Å². The molecule has 0 unspecified atom stereocenters. The highest BCUT2D eigenvalue weighted by atomic mass is 16.7. The third-order valence-electron chi connectivity index (χ3n) is 2.99. The molecule has 0 bridgehead atoms. The van der Waals surface area contributed by atoms with Crippen molar-refractivity contribution < 1.29 is 44.5 Å². The van der Waals surface area contributed by atoms with Crippen LogP contribution in [0.15, 0.2) is 11.8 Å². The van der Waals surface area contributed by atoms with Gasteiger partial charge in [-0.25, -0.2) is 4.79 Å². The maximum absolute atomic E-state index is 11.4. The first kappa shape index (κ1) is 17.8. The lowest BCUT2D eigenvalue weighted by atomic mass is 9.96. The summed E-state index contributed by atoms with van der Waals surface area (Å²) in [4.78, 5) is 11.4. The number of hydrogen-bond acceptors (Lipinski definition) is 9. The molecular weight excluding hydrogens is 288 g/mol. The Morgan fingerprint density at radius 3 is 2.52 bits per heavy atom. The SMILES string of the molecule is CCOC(=O)/C(C)=C/O[C@]1(O)[C@@H](O)O[C@H](CO)[C@@H](O)[C@@H]1O. The van der Waals surface area contributed by atoms with Gasteiger partial charge < -0.3 is 39.7 Å². The summed E-state index contributed by atoms with van der Waals surface area (Å²) in [5.74, 6) is -3.41. The predicted octanol–water partition coefficient (Wildman–Crippen LogP) is -2.41. The Kier molecular flexibility index (Phi) is 6.08. The standard InChI is InChI=1S/C12H20O9/c1-3-19-10(16)6(2)5-20-12(18)9(15)8(14)7(4-13)21-11(12)17/h5,7-9,11,13-15,17-18H,3-4H2,1-2H3/b6-5+/t7-,8-,9+,11+,12+/m1/s1. The number of rotatable bonds is 5. The van der Waals surface area contributed by atoms with Gasteiger partial charge in [0.05, 0.1) is 25.0 Å². The number of carbonyl (C=O) groups excluding carboxylic acids is 1. The average Bonchev–Trinajstić information content (AvgIpc) is 2.46. The highest BCUT2D eigenvalue weighted by Crippen LogP contribution is 2.30. The molecule has 0 amide bonds. The van der Waals surface area contributed by atoms with Crippen molar-refractivity contribution in [1.29, 1.82) is 0 Å². The van der Waals surface area contributed by atoms with E-state index in [1.165, 1.54) is 6.92 Å². The molecule has 5 atom stereocenters. The minimum atomic E-state index is -2.70. The van der Waals surface area contributed by atoms with Crippen LogP contribution in [0.1, 0.15) is 13.8 Å². The fourth-order valence-electron chi connectivity index (χ4n) is 1.69. The molecule has 1 heterocycles. The van der Waals surface area contributed by atoms with Crippen LogP contribution in [0.5, 0.6) is 0 Å². The first-order chi connectivity index (χ1) is 9.77. The fraction of sp³-hybridized carbons (Fsp3) is 0.750. The van der Waals surface area contributed by atoms with Crippen molar-refractivity contribution >= 4 is 5.97 Å². The third-order valence-corrected chi connectivity index (χ3v) is 2.99. The van der Waals surface area contributed by atoms with E-state index >= 15 is 0 Å². The molecule has 0 aromatic carbocycles. The first-order valence-corrected chi connectivity index (χ1v) is 6.32. The Labute approximate surface area is 121 Å². The maximum atomic E-state index is 11.4. The van der Waals surface area contributed by atoms with Crippen LogP contribution in [0, 0.1) is 0 Å². The number of carbonyl (C=O) groups is 1. The second kappa shape index (κ2) is 7.16. The van der Waals surface area contributed by atoms with Gasteiger partial charge in [0.15, 0.2) is 6.10 Å². The van der Waals surface area contributed by atoms with Gasteiger partial charge in [-0.15, -0.1) is 0 Å². The van der Waals surface area contributed by atoms with Crippen molar-refractivity contribution in [2.75, 3.05) is 13.2 Å². The van der Waals surface area contributed by atoms with Gasteiger partial charge in [0, 0.05) is 0 Å². The maximum Gasteiger partial charge on any atom is 0.336 e. The first-order valence-electron chi connectivity index (χ1n) is 6.32. The zero-order chi connectivity index (χ0) is 16.2. The van der Waals surface area contributed by atoms with E-state index in [0.717, 1.165) is 6.26 Å². The van der Waals surface area contributed by atoms with Crippen molar-refractivity contribution in [3.05, 3.63) is 11.8 Å². The molecular formula is C12H20O9. The lowest BCUT2D eigenvalue weighted by Gasteiger charge is -2.44. The molecule has 0 radical (unpaired) electrons. The van der Waals surface area contributed by atoms with Gasteiger partial charge >= 0.3 is 5.97 Å². The van der Waals surface area contributed by atoms with Crippen molar-refractivity contribution in [2.24, 2.45) is 0 Å². The van der Waals surface area contributed by atoms with Gasteiger partial charge in [0.1, 0.15) is 12.2 Å². The van der Waals surface area contributed by atoms with Crippen molar-refractivity contribution in [3.63, 3.8) is 0 Å². The quantitative estimate of drug-likeness (QED) is 0.162. The van der Waals surface area contributed by atoms with Crippen LogP contribution in [0.2, 0.25) is 0 Å². The zero-order valence-electron chi connectivity index (χ0n) is 11.7. The lowest BCUT2D eigenvalue weighted by Crippen LogP contribution is -2.67. The molecule has 1 rings (SSSR count). The van der Waals surface area contributed by atoms with E-state index in [1.807, 2.05) is 0 Å². The van der Waals surface area contributed by atoms with E-state index in [1.54, 1.807) is 6.92 Å². The highest BCUT2D eigenvalue weighted by Gasteiger charge is 2.56. The molecule has 0 spiro atoms. The van der Waals surface area contributed by atoms with Crippen LogP contribution in [0.25, 0.3) is 0 Å². The Morgan fingerprint density at radius 2 is 2.00 bits per heavy atom. The number of aliphatic hydroxyl groups excluding tert-OH is 4. The van der Waals surface area contributed by atoms with E-state index in [-0.39, 0.29) is 12.2 Å². The Balaban J connectivity index is 2.84. The van der Waals surface area contributed by atoms with E-state index in [2.05, 4.69) is 4.74 Å². The fourth-order valence-corrected chi connectivity index (χ4v) is 1.69. The Hall–Kier alpha value is -1.23. The third kappa shape index (κ3) is 3.70. The molecule has 0 aliphatic carbocycles. The number of aliphatic hydroxyl groups is 5. The van der Waals surface area contributed by atoms with Gasteiger partial charge in [-0.05, 0) is 13.8 Å². The molecule has 0 aromatic rings. The molecule has 5 N–H and O–H groups in total. The van der Waals surface area contributed by atoms with E-state index < -0.39 is 43.0 Å². The number of hydrogen-bond donors (Lipinski definition) is 5. The van der Waals surface area contributed by atoms with Gasteiger partial charge in [-0.3, -0.25) is 0 Å². The second-order valence-corrected chi connectivity index (χ2v) is 4.54. The summed E-state index contributed by atoms with van der Waals surface area (Å²) in [5.41, 5.74) is -0.0385. The molecule has 0 saturated carbocycles. The van der Waals surface area contributed by atoms with E-state index in [9.17, 15) is 25.2 Å². The van der Waals surface area contributed by atoms with Gasteiger partial charge in [0.25, 0.3) is 5.79 Å². The normalized spacial score (nSPS) is 37.2. The molecule has 9 nitrogen and oxygen atoms in total. The summed E-state index contributed by atoms with van der Waals surface area (Å²) < 4.78 is 14.2. The smallest absolute Gasteiger partial charge is 0.336 e. The van der Waals surface area contributed by atoms with Crippen molar-refractivity contribution in [1.82, 2.24) is 0 Å². The number of esters is 1. The molecule has 1 saturated heterocycles. The largest absolute Gasteiger partial charge is 0.463 e. The minimum absolute atomic E-state index is 0.0385. The summed E-state index contributed by atoms with van der Waals surface area (Å²) in [6.45, 7) is 2.40. The zero-order valence-corrected chi connectivity index (χ0v) is 11.7. The van der Waals surface area contributed by atoms with Crippen LogP contribution < -0.4 is 0 Å². The molecule has 1 aliphatic rings. The van der Waals surface area contributed by atoms with Crippen LogP contribution in [-0.2, 0) is 19.0 Å². The van der Waals surface area contributed by atoms with Gasteiger partial charge in [-0.2, -0.15) is 0 Å². The monoisotopic (exact) mass is 308 g/mol. The topological polar surface area (TPSA) is 146 Å². The molecule has 122 valence electrons. The van der Waals surface area contributed by atoms with Gasteiger partial charge in [0.2, 0.25) is 6.29 Å². The Morgan fingerprint density at radius 1 is 1.38 bits per heavy atom. The summed E-state index contributed by atoms with van der Waals surface area (Å²) in [7, 11) is 0. The van der Waals surface area contributed by atoms with E-state index in [0.29, 0.717) is 0 Å². The van der Waals surface area contributed by atoms with Crippen LogP contribution in [-0.4, -0.2) is 75.1 Å². The minimum Gasteiger partial charge on any atom is -0.463 e. The molecule has 0 aromatic heterocycles. The summed E-state index contributed by atoms with van der Waals surface area (Å²) in [6, 6.07) is 0. The summed E-state index contributed by atoms with van der Waals surface area (Å²) in [5, 5.41) is 48.1. The summed E-state index contributed by atoms with van der Waals surface area (Å²) in [6.07, 6.45) is -6.21. The summed E-state index contributed by atoms with van der Waals surface area (Å²) >= 11 is 0. The van der Waals surface area contributed by atoms with E-state index in [4.69, 9.17) is 14.6 Å². The van der Waals surface area contributed by atoms with Crippen molar-refractivity contribution in [3.8, 4) is 0 Å². The average molecular weight is 308 g/mol. The molecule has 1 aliphatic heterocycles. The van der Waals surface area contributed by atoms with Crippen LogP contribution >= 0.6 is 0 Å².